The van der Waals surface area contributed by atoms with Crippen molar-refractivity contribution in [1.29, 1.82) is 0 Å². The largest absolute Gasteiger partial charge is 0.870 e. The summed E-state index contributed by atoms with van der Waals surface area (Å²) in [6.07, 6.45) is 1.02. The molecule has 16 N–H and O–H groups in total. The minimum atomic E-state index is -1.40. The summed E-state index contributed by atoms with van der Waals surface area (Å²) in [5.41, 5.74) is 34.4. The molecule has 70 heavy (non-hydrogen) atoms. The Morgan fingerprint density at radius 3 is 1.73 bits per heavy atom. The second-order valence-corrected chi connectivity index (χ2v) is 21.1. The van der Waals surface area contributed by atoms with E-state index in [2.05, 4.69) is 5.32 Å². The average Bonchev–Trinajstić information content (AvgIpc) is 3.80. The van der Waals surface area contributed by atoms with Crippen molar-refractivity contribution in [3.63, 3.8) is 0 Å². The number of hydrogen-bond acceptors (Lipinski definition) is 13. The van der Waals surface area contributed by atoms with Gasteiger partial charge in [-0.2, -0.15) is 5.70 Å². The van der Waals surface area contributed by atoms with Crippen molar-refractivity contribution >= 4 is 58.5 Å². The summed E-state index contributed by atoms with van der Waals surface area (Å²) >= 11 is 0. The van der Waals surface area contributed by atoms with Gasteiger partial charge in [0.1, 0.15) is 0 Å². The van der Waals surface area contributed by atoms with Gasteiger partial charge in [-0.3, -0.25) is 48.5 Å². The summed E-state index contributed by atoms with van der Waals surface area (Å²) < 4.78 is 0. The SMILES string of the molecule is CC1=C2N=C(C=C3N=C(C(C)=C4[N-]C(C(CC(N)=O)C4(C)CCC(=O)NCC(C)O)C4(C)N=C1C(CCC(N)=O)C4(C)CC(N)=O)C(CCC(N)=O)C3(C)C)C(CCC(N)=O)C2(C)CC(N)=O.[Co].[OH-].[OH-]. The number of carbonyl (C=O) groups excluding carboxylic acids is 7. The van der Waals surface area contributed by atoms with Crippen LogP contribution in [0.4, 0.5) is 0 Å². The third-order valence-corrected chi connectivity index (χ3v) is 16.0. The van der Waals surface area contributed by atoms with Gasteiger partial charge in [0, 0.05) is 125 Å². The molecule has 0 aromatic carbocycles. The van der Waals surface area contributed by atoms with E-state index in [0.29, 0.717) is 51.8 Å². The van der Waals surface area contributed by atoms with Crippen LogP contribution < -0.4 is 39.7 Å². The van der Waals surface area contributed by atoms with Crippen molar-refractivity contribution in [2.24, 2.45) is 94.7 Å². The first-order valence-corrected chi connectivity index (χ1v) is 23.2. The minimum absolute atomic E-state index is 0. The summed E-state index contributed by atoms with van der Waals surface area (Å²) in [6, 6.07) is -0.923. The van der Waals surface area contributed by atoms with E-state index in [-0.39, 0.29) is 104 Å². The third-order valence-electron chi connectivity index (χ3n) is 16.0. The zero-order valence-electron chi connectivity index (χ0n) is 41.8. The summed E-state index contributed by atoms with van der Waals surface area (Å²) in [6.45, 7) is 16.8. The van der Waals surface area contributed by atoms with Gasteiger partial charge in [-0.05, 0) is 81.9 Å². The van der Waals surface area contributed by atoms with Gasteiger partial charge in [-0.25, -0.2) is 0 Å². The molecule has 1 saturated heterocycles. The number of primary amides is 6. The van der Waals surface area contributed by atoms with E-state index in [4.69, 9.17) is 54.7 Å². The Hall–Kier alpha value is -5.29. The molecule has 10 unspecified atom stereocenters. The molecule has 1 radical (unpaired) electrons. The molecule has 5 aliphatic heterocycles. The van der Waals surface area contributed by atoms with Gasteiger partial charge in [-0.1, -0.05) is 40.7 Å². The molecule has 21 nitrogen and oxygen atoms in total. The summed E-state index contributed by atoms with van der Waals surface area (Å²) in [4.78, 5) is 108. The maximum absolute atomic E-state index is 13.5. The number of hydrogen-bond donors (Lipinski definition) is 8. The molecule has 0 saturated carbocycles. The quantitative estimate of drug-likeness (QED) is 0.0878. The van der Waals surface area contributed by atoms with Crippen LogP contribution in [0.2, 0.25) is 0 Å². The number of aliphatic imine (C=N–C) groups is 3. The maximum Gasteiger partial charge on any atom is 0.220 e. The van der Waals surface area contributed by atoms with E-state index in [1.54, 1.807) is 6.92 Å². The van der Waals surface area contributed by atoms with Crippen LogP contribution >= 0.6 is 0 Å². The van der Waals surface area contributed by atoms with E-state index in [0.717, 1.165) is 0 Å². The summed E-state index contributed by atoms with van der Waals surface area (Å²) in [5.74, 6) is -6.42. The molecule has 0 aliphatic carbocycles. The molecular weight excluding hydrogens is 950 g/mol. The van der Waals surface area contributed by atoms with Gasteiger partial charge in [0.25, 0.3) is 0 Å². The van der Waals surface area contributed by atoms with Crippen LogP contribution in [0.3, 0.4) is 0 Å². The third kappa shape index (κ3) is 11.4. The fourth-order valence-corrected chi connectivity index (χ4v) is 12.2. The minimum Gasteiger partial charge on any atom is -0.870 e. The van der Waals surface area contributed by atoms with E-state index in [1.165, 1.54) is 0 Å². The smallest absolute Gasteiger partial charge is 0.220 e. The predicted octanol–water partition coefficient (Wildman–Crippen LogP) is 2.16. The Morgan fingerprint density at radius 1 is 0.700 bits per heavy atom. The van der Waals surface area contributed by atoms with E-state index >= 15 is 0 Å². The van der Waals surface area contributed by atoms with Crippen LogP contribution in [-0.4, -0.2) is 98.8 Å². The average molecular weight is 1020 g/mol. The molecular formula is C48H74CoN11O10-3. The summed E-state index contributed by atoms with van der Waals surface area (Å²) in [5, 5.41) is 18.3. The number of nitrogens with one attached hydrogen (secondary N) is 1. The van der Waals surface area contributed by atoms with Gasteiger partial charge in [0.2, 0.25) is 41.4 Å². The number of rotatable bonds is 20. The molecule has 8 bridgehead atoms. The number of nitrogens with two attached hydrogens (primary N) is 6. The van der Waals surface area contributed by atoms with E-state index < -0.39 is 98.5 Å². The number of nitrogens with zero attached hydrogens (tertiary/aromatic N) is 4. The van der Waals surface area contributed by atoms with Gasteiger partial charge >= 0.3 is 0 Å². The molecule has 393 valence electrons. The molecule has 7 amide bonds. The van der Waals surface area contributed by atoms with Crippen molar-refractivity contribution in [2.45, 2.75) is 151 Å². The van der Waals surface area contributed by atoms with Crippen molar-refractivity contribution in [1.82, 2.24) is 5.32 Å². The van der Waals surface area contributed by atoms with Crippen molar-refractivity contribution < 1.29 is 66.4 Å². The second-order valence-electron chi connectivity index (χ2n) is 21.1. The Morgan fingerprint density at radius 2 is 1.23 bits per heavy atom. The van der Waals surface area contributed by atoms with Crippen LogP contribution in [0.1, 0.15) is 133 Å². The fourth-order valence-electron chi connectivity index (χ4n) is 12.2. The van der Waals surface area contributed by atoms with Crippen molar-refractivity contribution in [3.05, 3.63) is 39.6 Å². The first kappa shape index (κ1) is 60.8. The van der Waals surface area contributed by atoms with Crippen LogP contribution in [0.5, 0.6) is 0 Å². The normalized spacial score (nSPS) is 30.9. The maximum atomic E-state index is 13.5. The molecule has 5 rings (SSSR count). The Kier molecular flexibility index (Phi) is 19.5. The van der Waals surface area contributed by atoms with Gasteiger partial charge in [-0.15, -0.1) is 0 Å². The van der Waals surface area contributed by atoms with Gasteiger partial charge in [0.05, 0.1) is 17.3 Å². The van der Waals surface area contributed by atoms with E-state index in [1.807, 2.05) is 61.5 Å². The zero-order valence-corrected chi connectivity index (χ0v) is 42.9. The van der Waals surface area contributed by atoms with Crippen LogP contribution in [0, 0.1) is 45.3 Å². The molecule has 10 atom stereocenters. The zero-order chi connectivity index (χ0) is 50.4. The van der Waals surface area contributed by atoms with Crippen LogP contribution in [-0.2, 0) is 50.3 Å². The first-order valence-electron chi connectivity index (χ1n) is 23.2. The van der Waals surface area contributed by atoms with Crippen molar-refractivity contribution in [3.8, 4) is 0 Å². The molecule has 5 aliphatic rings. The van der Waals surface area contributed by atoms with Crippen LogP contribution in [0.15, 0.2) is 49.3 Å². The number of aliphatic hydroxyl groups is 1. The van der Waals surface area contributed by atoms with E-state index in [9.17, 15) is 38.7 Å². The van der Waals surface area contributed by atoms with Gasteiger partial charge < -0.3 is 61.1 Å². The molecule has 0 aromatic rings. The van der Waals surface area contributed by atoms with Crippen LogP contribution in [0.25, 0.3) is 5.32 Å². The predicted molar refractivity (Wildman–Crippen MR) is 258 cm³/mol. The molecule has 5 heterocycles. The standard InChI is InChI=1S/C48H73N11O8.Co.2H2O/c1-23(60)22-55-38(67)16-17-45(6)29(18-35(52)64)43-48(9)47(8,21-37(54)66)28(12-15-34(51)63)40(59-48)25(3)42-46(7,20-36(53)65)26(10-13-32(49)61)30(56-42)19-31-44(4,5)27(11-14-33(50)62)39(57-31)24(2)41(45)58-43;;;/h19,23,26-29,43,60H,10-18,20-22H2,1-9H3,(H14,49,50,51,52,53,54,55,56,57,58,59,61,62,63,64,65,66,67);;2*1H2/p-3. The first-order chi connectivity index (χ1) is 30.9. The number of fused-ring (bicyclic) bond motifs is 6. The van der Waals surface area contributed by atoms with Crippen molar-refractivity contribution in [2.75, 3.05) is 6.54 Å². The number of allylic oxidation sites excluding steroid dienone is 6. The molecule has 22 heteroatoms. The Labute approximate surface area is 420 Å². The second kappa shape index (κ2) is 22.4. The number of amides is 7. The summed E-state index contributed by atoms with van der Waals surface area (Å²) in [7, 11) is 0. The monoisotopic (exact) mass is 1020 g/mol. The Bertz CT molecular complexity index is 2320. The number of aliphatic hydroxyl groups excluding tert-OH is 1. The molecule has 0 spiro atoms. The fraction of sp³-hybridized carbons (Fsp3) is 0.667. The topological polar surface area (TPSA) is 419 Å². The Balaban J connectivity index is 0.00000560. The number of carbonyl (C=O) groups is 7. The molecule has 1 fully saturated rings. The van der Waals surface area contributed by atoms with Gasteiger partial charge in [0.15, 0.2) is 0 Å². The molecule has 0 aromatic heterocycles.